The summed E-state index contributed by atoms with van der Waals surface area (Å²) < 4.78 is 0. The van der Waals surface area contributed by atoms with E-state index >= 15 is 0 Å². The molecule has 0 aliphatic carbocycles. The monoisotopic (exact) mass is 185 g/mol. The number of carboxylic acids is 1. The minimum absolute atomic E-state index is 0.329. The normalized spacial score (nSPS) is 32.8. The molecule has 0 saturated carbocycles. The third kappa shape index (κ3) is 2.69. The first kappa shape index (κ1) is 10.5. The van der Waals surface area contributed by atoms with E-state index in [4.69, 9.17) is 5.11 Å². The molecule has 0 spiro atoms. The van der Waals surface area contributed by atoms with Gasteiger partial charge in [0, 0.05) is 13.1 Å². The van der Waals surface area contributed by atoms with Gasteiger partial charge < -0.3 is 5.11 Å². The van der Waals surface area contributed by atoms with Crippen molar-refractivity contribution in [2.45, 2.75) is 33.2 Å². The Labute approximate surface area is 79.7 Å². The van der Waals surface area contributed by atoms with Crippen LogP contribution in [0, 0.1) is 11.8 Å². The highest BCUT2D eigenvalue weighted by molar-refractivity contribution is 5.72. The van der Waals surface area contributed by atoms with Crippen molar-refractivity contribution in [2.24, 2.45) is 11.8 Å². The molecule has 0 bridgehead atoms. The number of likely N-dealkylation sites (tertiary alicyclic amines) is 1. The Kier molecular flexibility index (Phi) is 3.31. The second-order valence-electron chi connectivity index (χ2n) is 4.41. The van der Waals surface area contributed by atoms with Crippen LogP contribution in [0.1, 0.15) is 27.2 Å². The number of carbonyl (C=O) groups is 1. The standard InChI is InChI=1S/C10H19NO2/c1-7-4-8(2)6-11(5-7)9(3)10(12)13/h7-9H,4-6H2,1-3H3,(H,12,13)/t7-,8+,9-/m1/s1. The van der Waals surface area contributed by atoms with Crippen LogP contribution in [0.25, 0.3) is 0 Å². The van der Waals surface area contributed by atoms with E-state index in [0.29, 0.717) is 11.8 Å². The van der Waals surface area contributed by atoms with Crippen molar-refractivity contribution in [1.82, 2.24) is 4.90 Å². The van der Waals surface area contributed by atoms with Crippen molar-refractivity contribution in [3.8, 4) is 0 Å². The second-order valence-corrected chi connectivity index (χ2v) is 4.41. The molecule has 1 rings (SSSR count). The number of hydrogen-bond donors (Lipinski definition) is 1. The van der Waals surface area contributed by atoms with Gasteiger partial charge in [-0.2, -0.15) is 0 Å². The summed E-state index contributed by atoms with van der Waals surface area (Å²) in [5.74, 6) is 0.553. The average Bonchev–Trinajstić information content (AvgIpc) is 2.01. The Balaban J connectivity index is 2.54. The molecule has 0 unspecified atom stereocenters. The topological polar surface area (TPSA) is 40.5 Å². The fourth-order valence-corrected chi connectivity index (χ4v) is 2.18. The molecule has 3 atom stereocenters. The highest BCUT2D eigenvalue weighted by Crippen LogP contribution is 2.22. The minimum atomic E-state index is -0.707. The van der Waals surface area contributed by atoms with Gasteiger partial charge in [-0.3, -0.25) is 9.69 Å². The summed E-state index contributed by atoms with van der Waals surface area (Å²) in [6, 6.07) is -0.329. The summed E-state index contributed by atoms with van der Waals surface area (Å²) >= 11 is 0. The molecule has 0 amide bonds. The SMILES string of the molecule is C[C@@H]1C[C@H](C)CN([C@H](C)C(=O)O)C1. The second kappa shape index (κ2) is 4.09. The van der Waals surface area contributed by atoms with Crippen LogP contribution in [0.4, 0.5) is 0 Å². The summed E-state index contributed by atoms with van der Waals surface area (Å²) in [4.78, 5) is 12.8. The minimum Gasteiger partial charge on any atom is -0.480 e. The quantitative estimate of drug-likeness (QED) is 0.707. The van der Waals surface area contributed by atoms with Gasteiger partial charge in [-0.1, -0.05) is 13.8 Å². The molecular weight excluding hydrogens is 166 g/mol. The fraction of sp³-hybridized carbons (Fsp3) is 0.900. The molecule has 1 aliphatic heterocycles. The van der Waals surface area contributed by atoms with Gasteiger partial charge >= 0.3 is 5.97 Å². The molecule has 0 aromatic carbocycles. The predicted molar refractivity (Wildman–Crippen MR) is 51.6 cm³/mol. The van der Waals surface area contributed by atoms with Gasteiger partial charge in [-0.25, -0.2) is 0 Å². The molecule has 13 heavy (non-hydrogen) atoms. The summed E-state index contributed by atoms with van der Waals surface area (Å²) in [6.45, 7) is 8.01. The predicted octanol–water partition coefficient (Wildman–Crippen LogP) is 1.44. The van der Waals surface area contributed by atoms with E-state index in [1.54, 1.807) is 6.92 Å². The maximum absolute atomic E-state index is 10.8. The van der Waals surface area contributed by atoms with Crippen LogP contribution in [0.15, 0.2) is 0 Å². The van der Waals surface area contributed by atoms with Gasteiger partial charge in [-0.15, -0.1) is 0 Å². The molecule has 1 heterocycles. The molecule has 1 fully saturated rings. The molecule has 3 heteroatoms. The van der Waals surface area contributed by atoms with E-state index in [0.717, 1.165) is 13.1 Å². The first-order valence-electron chi connectivity index (χ1n) is 4.97. The molecule has 1 N–H and O–H groups in total. The lowest BCUT2D eigenvalue weighted by atomic mass is 9.91. The van der Waals surface area contributed by atoms with Crippen molar-refractivity contribution in [3.05, 3.63) is 0 Å². The van der Waals surface area contributed by atoms with E-state index in [2.05, 4.69) is 18.7 Å². The Bertz CT molecular complexity index is 183. The van der Waals surface area contributed by atoms with Crippen molar-refractivity contribution < 1.29 is 9.90 Å². The number of hydrogen-bond acceptors (Lipinski definition) is 2. The van der Waals surface area contributed by atoms with Crippen LogP contribution in [-0.2, 0) is 4.79 Å². The van der Waals surface area contributed by atoms with Crippen molar-refractivity contribution >= 4 is 5.97 Å². The van der Waals surface area contributed by atoms with E-state index in [9.17, 15) is 4.79 Å². The van der Waals surface area contributed by atoms with Crippen molar-refractivity contribution in [3.63, 3.8) is 0 Å². The van der Waals surface area contributed by atoms with E-state index in [-0.39, 0.29) is 6.04 Å². The number of nitrogens with zero attached hydrogens (tertiary/aromatic N) is 1. The molecule has 76 valence electrons. The first-order chi connectivity index (χ1) is 6.00. The lowest BCUT2D eigenvalue weighted by Gasteiger charge is -2.37. The lowest BCUT2D eigenvalue weighted by Crippen LogP contribution is -2.47. The smallest absolute Gasteiger partial charge is 0.320 e. The molecule has 3 nitrogen and oxygen atoms in total. The fourth-order valence-electron chi connectivity index (χ4n) is 2.18. The zero-order valence-electron chi connectivity index (χ0n) is 8.66. The lowest BCUT2D eigenvalue weighted by molar-refractivity contribution is -0.143. The third-order valence-corrected chi connectivity index (χ3v) is 2.80. The van der Waals surface area contributed by atoms with Crippen molar-refractivity contribution in [2.75, 3.05) is 13.1 Å². The maximum Gasteiger partial charge on any atom is 0.320 e. The molecule has 1 aliphatic rings. The number of aliphatic carboxylic acids is 1. The first-order valence-corrected chi connectivity index (χ1v) is 4.97. The van der Waals surface area contributed by atoms with Gasteiger partial charge in [0.05, 0.1) is 0 Å². The van der Waals surface area contributed by atoms with Gasteiger partial charge in [0.2, 0.25) is 0 Å². The number of rotatable bonds is 2. The molecule has 0 radical (unpaired) electrons. The Morgan fingerprint density at radius 3 is 2.23 bits per heavy atom. The largest absolute Gasteiger partial charge is 0.480 e. The molecule has 0 aromatic rings. The Morgan fingerprint density at radius 2 is 1.85 bits per heavy atom. The van der Waals surface area contributed by atoms with Gasteiger partial charge in [0.15, 0.2) is 0 Å². The Hall–Kier alpha value is -0.570. The zero-order valence-corrected chi connectivity index (χ0v) is 8.66. The summed E-state index contributed by atoms with van der Waals surface area (Å²) in [5, 5.41) is 8.87. The highest BCUT2D eigenvalue weighted by atomic mass is 16.4. The Morgan fingerprint density at radius 1 is 1.38 bits per heavy atom. The maximum atomic E-state index is 10.8. The molecular formula is C10H19NO2. The van der Waals surface area contributed by atoms with Crippen LogP contribution < -0.4 is 0 Å². The van der Waals surface area contributed by atoms with Crippen LogP contribution in [0.5, 0.6) is 0 Å². The van der Waals surface area contributed by atoms with E-state index < -0.39 is 5.97 Å². The van der Waals surface area contributed by atoms with Crippen LogP contribution in [0.3, 0.4) is 0 Å². The van der Waals surface area contributed by atoms with Crippen LogP contribution in [0.2, 0.25) is 0 Å². The van der Waals surface area contributed by atoms with Crippen molar-refractivity contribution in [1.29, 1.82) is 0 Å². The summed E-state index contributed by atoms with van der Waals surface area (Å²) in [5.41, 5.74) is 0. The molecule has 1 saturated heterocycles. The van der Waals surface area contributed by atoms with Gasteiger partial charge in [0.1, 0.15) is 6.04 Å². The van der Waals surface area contributed by atoms with Crippen LogP contribution >= 0.6 is 0 Å². The zero-order chi connectivity index (χ0) is 10.0. The van der Waals surface area contributed by atoms with E-state index in [1.165, 1.54) is 6.42 Å². The molecule has 0 aromatic heterocycles. The van der Waals surface area contributed by atoms with Gasteiger partial charge in [-0.05, 0) is 25.2 Å². The van der Waals surface area contributed by atoms with Crippen LogP contribution in [-0.4, -0.2) is 35.1 Å². The summed E-state index contributed by atoms with van der Waals surface area (Å²) in [7, 11) is 0. The van der Waals surface area contributed by atoms with Gasteiger partial charge in [0.25, 0.3) is 0 Å². The number of carboxylic acid groups (broad SMARTS) is 1. The highest BCUT2D eigenvalue weighted by Gasteiger charge is 2.28. The average molecular weight is 185 g/mol. The number of piperidine rings is 1. The summed E-state index contributed by atoms with van der Waals surface area (Å²) in [6.07, 6.45) is 1.23. The third-order valence-electron chi connectivity index (χ3n) is 2.80. The van der Waals surface area contributed by atoms with E-state index in [1.807, 2.05) is 0 Å².